The molecule has 0 atom stereocenters. The van der Waals surface area contributed by atoms with Crippen LogP contribution in [0.25, 0.3) is 0 Å². The highest BCUT2D eigenvalue weighted by Crippen LogP contribution is 1.99. The number of hydrogen-bond donors (Lipinski definition) is 0. The van der Waals surface area contributed by atoms with E-state index in [0.29, 0.717) is 0 Å². The van der Waals surface area contributed by atoms with Crippen LogP contribution in [0.4, 0.5) is 0 Å². The fraction of sp³-hybridized carbons (Fsp3) is 0.667. The van der Waals surface area contributed by atoms with Crippen molar-refractivity contribution in [3.05, 3.63) is 0 Å². The highest BCUT2D eigenvalue weighted by Gasteiger charge is 2.11. The number of rotatable bonds is 11. The van der Waals surface area contributed by atoms with E-state index in [-0.39, 0.29) is 51.0 Å². The molecular formula is C12H16Cl2O8. The molecule has 10 heteroatoms. The van der Waals surface area contributed by atoms with E-state index in [2.05, 4.69) is 9.47 Å². The Morgan fingerprint density at radius 1 is 0.545 bits per heavy atom. The molecule has 0 heterocycles. The molecular weight excluding hydrogens is 343 g/mol. The number of halogens is 2. The van der Waals surface area contributed by atoms with Crippen LogP contribution in [0, 0.1) is 0 Å². The highest BCUT2D eigenvalue weighted by molar-refractivity contribution is 6.17. The summed E-state index contributed by atoms with van der Waals surface area (Å²) in [5.41, 5.74) is 0. The molecule has 0 saturated carbocycles. The second-order valence-corrected chi connectivity index (χ2v) is 4.13. The molecule has 0 aromatic rings. The Morgan fingerprint density at radius 3 is 1.09 bits per heavy atom. The first-order valence-corrected chi connectivity index (χ1v) is 7.31. The minimum absolute atomic E-state index is 0.145. The zero-order chi connectivity index (χ0) is 16.8. The smallest absolute Gasteiger partial charge is 0.307 e. The SMILES string of the molecule is O=C(CCC(=O)OCCOC(=O)CCC(=O)OCCl)OCCl. The molecule has 0 saturated heterocycles. The summed E-state index contributed by atoms with van der Waals surface area (Å²) in [6.45, 7) is -0.303. The van der Waals surface area contributed by atoms with Crippen molar-refractivity contribution in [3.63, 3.8) is 0 Å². The summed E-state index contributed by atoms with van der Waals surface area (Å²) >= 11 is 10.3. The molecule has 0 fully saturated rings. The summed E-state index contributed by atoms with van der Waals surface area (Å²) in [5.74, 6) is -2.48. The van der Waals surface area contributed by atoms with E-state index >= 15 is 0 Å². The summed E-state index contributed by atoms with van der Waals surface area (Å²) in [5, 5.41) is 0. The van der Waals surface area contributed by atoms with Crippen LogP contribution in [0.5, 0.6) is 0 Å². The molecule has 0 aliphatic carbocycles. The van der Waals surface area contributed by atoms with Crippen LogP contribution < -0.4 is 0 Å². The Kier molecular flexibility index (Phi) is 12.2. The maximum Gasteiger partial charge on any atom is 0.307 e. The lowest BCUT2D eigenvalue weighted by molar-refractivity contribution is -0.155. The minimum Gasteiger partial charge on any atom is -0.462 e. The average molecular weight is 359 g/mol. The van der Waals surface area contributed by atoms with Crippen molar-refractivity contribution < 1.29 is 38.1 Å². The number of esters is 4. The Hall–Kier alpha value is -1.54. The molecule has 0 aliphatic heterocycles. The molecule has 0 aliphatic rings. The number of carbonyl (C=O) groups excluding carboxylic acids is 4. The normalized spacial score (nSPS) is 9.73. The lowest BCUT2D eigenvalue weighted by atomic mass is 10.3. The van der Waals surface area contributed by atoms with Gasteiger partial charge in [0.25, 0.3) is 0 Å². The molecule has 0 radical (unpaired) electrons. The van der Waals surface area contributed by atoms with Gasteiger partial charge in [0.1, 0.15) is 13.2 Å². The van der Waals surface area contributed by atoms with E-state index < -0.39 is 23.9 Å². The second kappa shape index (κ2) is 13.1. The molecule has 0 aromatic heterocycles. The van der Waals surface area contributed by atoms with Gasteiger partial charge in [0.15, 0.2) is 12.1 Å². The van der Waals surface area contributed by atoms with Gasteiger partial charge in [-0.25, -0.2) is 0 Å². The molecule has 0 bridgehead atoms. The summed E-state index contributed by atoms with van der Waals surface area (Å²) < 4.78 is 18.3. The summed E-state index contributed by atoms with van der Waals surface area (Å²) in [4.78, 5) is 44.2. The lowest BCUT2D eigenvalue weighted by Crippen LogP contribution is -2.16. The van der Waals surface area contributed by atoms with Crippen LogP contribution in [0.2, 0.25) is 0 Å². The van der Waals surface area contributed by atoms with Gasteiger partial charge < -0.3 is 18.9 Å². The van der Waals surface area contributed by atoms with Crippen molar-refractivity contribution in [1.29, 1.82) is 0 Å². The first-order chi connectivity index (χ1) is 10.5. The van der Waals surface area contributed by atoms with Gasteiger partial charge >= 0.3 is 23.9 Å². The van der Waals surface area contributed by atoms with Gasteiger partial charge in [0.2, 0.25) is 0 Å². The van der Waals surface area contributed by atoms with Crippen LogP contribution in [0.3, 0.4) is 0 Å². The van der Waals surface area contributed by atoms with Gasteiger partial charge in [-0.1, -0.05) is 23.2 Å². The van der Waals surface area contributed by atoms with Crippen LogP contribution in [-0.4, -0.2) is 49.2 Å². The van der Waals surface area contributed by atoms with Crippen LogP contribution >= 0.6 is 23.2 Å². The van der Waals surface area contributed by atoms with E-state index in [1.165, 1.54) is 0 Å². The number of carbonyl (C=O) groups is 4. The summed E-state index contributed by atoms with van der Waals surface area (Å²) in [6.07, 6.45) is -0.607. The fourth-order valence-corrected chi connectivity index (χ4v) is 1.37. The Morgan fingerprint density at radius 2 is 0.818 bits per heavy atom. The Balaban J connectivity index is 3.58. The molecule has 0 unspecified atom stereocenters. The molecule has 0 spiro atoms. The van der Waals surface area contributed by atoms with Gasteiger partial charge in [-0.05, 0) is 0 Å². The zero-order valence-electron chi connectivity index (χ0n) is 11.7. The van der Waals surface area contributed by atoms with Crippen LogP contribution in [0.1, 0.15) is 25.7 Å². The van der Waals surface area contributed by atoms with Gasteiger partial charge in [0, 0.05) is 0 Å². The van der Waals surface area contributed by atoms with Crippen LogP contribution in [-0.2, 0) is 38.1 Å². The highest BCUT2D eigenvalue weighted by atomic mass is 35.5. The Labute approximate surface area is 136 Å². The number of ether oxygens (including phenoxy) is 4. The van der Waals surface area contributed by atoms with E-state index in [4.69, 9.17) is 32.7 Å². The van der Waals surface area contributed by atoms with Gasteiger partial charge in [-0.3, -0.25) is 19.2 Å². The molecule has 0 rings (SSSR count). The summed E-state index contributed by atoms with van der Waals surface area (Å²) in [6, 6.07) is -0.551. The molecule has 0 aromatic carbocycles. The quantitative estimate of drug-likeness (QED) is 0.234. The van der Waals surface area contributed by atoms with E-state index in [1.807, 2.05) is 0 Å². The van der Waals surface area contributed by atoms with E-state index in [1.54, 1.807) is 0 Å². The third-order valence-corrected chi connectivity index (χ3v) is 2.33. The zero-order valence-corrected chi connectivity index (χ0v) is 13.2. The first-order valence-electron chi connectivity index (χ1n) is 6.24. The molecule has 0 N–H and O–H groups in total. The molecule has 0 amide bonds. The van der Waals surface area contributed by atoms with Crippen molar-refractivity contribution in [1.82, 2.24) is 0 Å². The van der Waals surface area contributed by atoms with Crippen molar-refractivity contribution in [3.8, 4) is 0 Å². The fourth-order valence-electron chi connectivity index (χ4n) is 1.13. The average Bonchev–Trinajstić information content (AvgIpc) is 2.48. The van der Waals surface area contributed by atoms with Crippen molar-refractivity contribution in [2.45, 2.75) is 25.7 Å². The number of hydrogen-bond acceptors (Lipinski definition) is 8. The van der Waals surface area contributed by atoms with Crippen molar-refractivity contribution in [2.24, 2.45) is 0 Å². The number of alkyl halides is 2. The maximum atomic E-state index is 11.2. The Bertz CT molecular complexity index is 349. The van der Waals surface area contributed by atoms with Gasteiger partial charge in [-0.15, -0.1) is 0 Å². The van der Waals surface area contributed by atoms with Gasteiger partial charge in [-0.2, -0.15) is 0 Å². The van der Waals surface area contributed by atoms with Crippen LogP contribution in [0.15, 0.2) is 0 Å². The van der Waals surface area contributed by atoms with Gasteiger partial charge in [0.05, 0.1) is 25.7 Å². The summed E-state index contributed by atoms with van der Waals surface area (Å²) in [7, 11) is 0. The second-order valence-electron chi connectivity index (χ2n) is 3.69. The molecule has 8 nitrogen and oxygen atoms in total. The van der Waals surface area contributed by atoms with Crippen molar-refractivity contribution in [2.75, 3.05) is 25.3 Å². The van der Waals surface area contributed by atoms with E-state index in [0.717, 1.165) is 0 Å². The first kappa shape index (κ1) is 20.5. The maximum absolute atomic E-state index is 11.2. The predicted octanol–water partition coefficient (Wildman–Crippen LogP) is 1.11. The van der Waals surface area contributed by atoms with Crippen molar-refractivity contribution >= 4 is 47.1 Å². The standard InChI is InChI=1S/C12H16Cl2O8/c13-7-21-11(17)3-1-9(15)19-5-6-20-10(16)2-4-12(18)22-8-14/h1-8H2. The largest absolute Gasteiger partial charge is 0.462 e. The molecule has 126 valence electrons. The lowest BCUT2D eigenvalue weighted by Gasteiger charge is -2.06. The predicted molar refractivity (Wildman–Crippen MR) is 74.0 cm³/mol. The van der Waals surface area contributed by atoms with E-state index in [9.17, 15) is 19.2 Å². The third kappa shape index (κ3) is 12.2. The third-order valence-electron chi connectivity index (χ3n) is 2.11. The monoisotopic (exact) mass is 358 g/mol. The minimum atomic E-state index is -0.631. The molecule has 22 heavy (non-hydrogen) atoms. The topological polar surface area (TPSA) is 105 Å².